The highest BCUT2D eigenvalue weighted by Gasteiger charge is 2.18. The van der Waals surface area contributed by atoms with Gasteiger partial charge in [-0.3, -0.25) is 0 Å². The molecule has 1 aliphatic heterocycles. The average Bonchev–Trinajstić information content (AvgIpc) is 2.90. The van der Waals surface area contributed by atoms with Gasteiger partial charge in [-0.25, -0.2) is 4.98 Å². The number of thiazole rings is 1. The zero-order chi connectivity index (χ0) is 12.4. The van der Waals surface area contributed by atoms with Crippen molar-refractivity contribution >= 4 is 16.5 Å². The lowest BCUT2D eigenvalue weighted by Crippen LogP contribution is -2.39. The summed E-state index contributed by atoms with van der Waals surface area (Å²) in [6.07, 6.45) is 2.14. The number of hydrogen-bond donors (Lipinski definition) is 1. The Morgan fingerprint density at radius 3 is 2.61 bits per heavy atom. The van der Waals surface area contributed by atoms with Gasteiger partial charge < -0.3 is 10.6 Å². The van der Waals surface area contributed by atoms with Crippen LogP contribution in [-0.4, -0.2) is 24.1 Å². The minimum Gasteiger partial charge on any atom is -0.348 e. The van der Waals surface area contributed by atoms with Crippen LogP contribution in [0.15, 0.2) is 35.7 Å². The molecular weight excluding hydrogens is 242 g/mol. The van der Waals surface area contributed by atoms with E-state index in [1.165, 1.54) is 5.56 Å². The van der Waals surface area contributed by atoms with E-state index < -0.39 is 0 Å². The number of aromatic nitrogens is 1. The van der Waals surface area contributed by atoms with Gasteiger partial charge in [0.2, 0.25) is 0 Å². The second-order valence-corrected chi connectivity index (χ2v) is 5.54. The number of nitrogens with two attached hydrogens (primary N) is 1. The first-order valence-electron chi connectivity index (χ1n) is 6.34. The van der Waals surface area contributed by atoms with Crippen molar-refractivity contribution in [3.63, 3.8) is 0 Å². The summed E-state index contributed by atoms with van der Waals surface area (Å²) in [7, 11) is 0. The fourth-order valence-corrected chi connectivity index (χ4v) is 3.13. The summed E-state index contributed by atoms with van der Waals surface area (Å²) < 4.78 is 0. The molecule has 4 heteroatoms. The summed E-state index contributed by atoms with van der Waals surface area (Å²) in [6, 6.07) is 10.7. The second kappa shape index (κ2) is 5.08. The number of nitrogens with zero attached hydrogens (tertiary/aromatic N) is 2. The molecule has 1 fully saturated rings. The number of rotatable bonds is 2. The maximum atomic E-state index is 5.93. The van der Waals surface area contributed by atoms with Gasteiger partial charge in [0.15, 0.2) is 5.13 Å². The van der Waals surface area contributed by atoms with Crippen LogP contribution in [0.25, 0.3) is 11.3 Å². The lowest BCUT2D eigenvalue weighted by Gasteiger charge is -2.29. The maximum Gasteiger partial charge on any atom is 0.185 e. The van der Waals surface area contributed by atoms with Crippen molar-refractivity contribution in [2.24, 2.45) is 5.73 Å². The van der Waals surface area contributed by atoms with Gasteiger partial charge in [-0.1, -0.05) is 30.3 Å². The van der Waals surface area contributed by atoms with E-state index in [4.69, 9.17) is 10.7 Å². The molecule has 3 nitrogen and oxygen atoms in total. The van der Waals surface area contributed by atoms with Gasteiger partial charge in [0.05, 0.1) is 5.69 Å². The predicted molar refractivity (Wildman–Crippen MR) is 77.0 cm³/mol. The first-order valence-corrected chi connectivity index (χ1v) is 7.22. The molecule has 1 aliphatic rings. The van der Waals surface area contributed by atoms with E-state index in [1.807, 2.05) is 18.2 Å². The molecule has 0 amide bonds. The molecule has 1 saturated heterocycles. The number of hydrogen-bond acceptors (Lipinski definition) is 4. The van der Waals surface area contributed by atoms with Crippen molar-refractivity contribution in [1.82, 2.24) is 4.98 Å². The molecule has 2 N–H and O–H groups in total. The fourth-order valence-electron chi connectivity index (χ4n) is 2.24. The molecule has 0 bridgehead atoms. The van der Waals surface area contributed by atoms with E-state index in [1.54, 1.807) is 11.3 Å². The Morgan fingerprint density at radius 1 is 1.17 bits per heavy atom. The van der Waals surface area contributed by atoms with Crippen LogP contribution < -0.4 is 10.6 Å². The van der Waals surface area contributed by atoms with Crippen molar-refractivity contribution in [2.75, 3.05) is 18.0 Å². The third-order valence-electron chi connectivity index (χ3n) is 3.37. The molecule has 0 aliphatic carbocycles. The van der Waals surface area contributed by atoms with Gasteiger partial charge in [-0.05, 0) is 12.8 Å². The zero-order valence-electron chi connectivity index (χ0n) is 10.2. The van der Waals surface area contributed by atoms with Crippen molar-refractivity contribution in [3.05, 3.63) is 35.7 Å². The van der Waals surface area contributed by atoms with E-state index in [0.29, 0.717) is 6.04 Å². The molecule has 0 saturated carbocycles. The molecule has 94 valence electrons. The standard InChI is InChI=1S/C14H17N3S/c15-12-6-8-17(9-7-12)14-16-13(10-18-14)11-4-2-1-3-5-11/h1-5,10,12H,6-9,15H2. The molecule has 0 atom stereocenters. The largest absolute Gasteiger partial charge is 0.348 e. The summed E-state index contributed by atoms with van der Waals surface area (Å²) in [5.74, 6) is 0. The van der Waals surface area contributed by atoms with Crippen LogP contribution in [0.5, 0.6) is 0 Å². The van der Waals surface area contributed by atoms with Crippen LogP contribution in [0.3, 0.4) is 0 Å². The lowest BCUT2D eigenvalue weighted by atomic mass is 10.1. The topological polar surface area (TPSA) is 42.1 Å². The number of piperidine rings is 1. The molecule has 0 radical (unpaired) electrons. The van der Waals surface area contributed by atoms with Crippen molar-refractivity contribution in [2.45, 2.75) is 18.9 Å². The molecule has 1 aromatic heterocycles. The Kier molecular flexibility index (Phi) is 3.30. The Bertz CT molecular complexity index is 501. The van der Waals surface area contributed by atoms with Crippen LogP contribution in [0.1, 0.15) is 12.8 Å². The summed E-state index contributed by atoms with van der Waals surface area (Å²) in [4.78, 5) is 7.08. The van der Waals surface area contributed by atoms with Crippen LogP contribution in [-0.2, 0) is 0 Å². The molecule has 0 unspecified atom stereocenters. The minimum absolute atomic E-state index is 0.370. The third-order valence-corrected chi connectivity index (χ3v) is 4.27. The Balaban J connectivity index is 1.78. The highest BCUT2D eigenvalue weighted by molar-refractivity contribution is 7.14. The Morgan fingerprint density at radius 2 is 1.89 bits per heavy atom. The Labute approximate surface area is 111 Å². The molecule has 0 spiro atoms. The second-order valence-electron chi connectivity index (χ2n) is 4.71. The van der Waals surface area contributed by atoms with Crippen molar-refractivity contribution in [1.29, 1.82) is 0 Å². The van der Waals surface area contributed by atoms with Crippen LogP contribution >= 0.6 is 11.3 Å². The molecule has 2 heterocycles. The van der Waals surface area contributed by atoms with Crippen LogP contribution in [0, 0.1) is 0 Å². The highest BCUT2D eigenvalue weighted by Crippen LogP contribution is 2.28. The molecular formula is C14H17N3S. The number of anilines is 1. The zero-order valence-corrected chi connectivity index (χ0v) is 11.1. The summed E-state index contributed by atoms with van der Waals surface area (Å²) in [6.45, 7) is 2.06. The summed E-state index contributed by atoms with van der Waals surface area (Å²) in [5.41, 5.74) is 8.19. The van der Waals surface area contributed by atoms with Crippen molar-refractivity contribution < 1.29 is 0 Å². The SMILES string of the molecule is NC1CCN(c2nc(-c3ccccc3)cs2)CC1. The predicted octanol–water partition coefficient (Wildman–Crippen LogP) is 2.74. The molecule has 3 rings (SSSR count). The average molecular weight is 259 g/mol. The van der Waals surface area contributed by atoms with E-state index in [9.17, 15) is 0 Å². The van der Waals surface area contributed by atoms with E-state index in [2.05, 4.69) is 22.4 Å². The fraction of sp³-hybridized carbons (Fsp3) is 0.357. The quantitative estimate of drug-likeness (QED) is 0.901. The van der Waals surface area contributed by atoms with Gasteiger partial charge in [0, 0.05) is 30.1 Å². The molecule has 1 aromatic carbocycles. The van der Waals surface area contributed by atoms with Gasteiger partial charge in [0.1, 0.15) is 0 Å². The first-order chi connectivity index (χ1) is 8.83. The maximum absolute atomic E-state index is 5.93. The summed E-state index contributed by atoms with van der Waals surface area (Å²) in [5, 5.41) is 3.26. The van der Waals surface area contributed by atoms with Gasteiger partial charge in [0.25, 0.3) is 0 Å². The van der Waals surface area contributed by atoms with E-state index in [0.717, 1.165) is 36.8 Å². The van der Waals surface area contributed by atoms with Gasteiger partial charge in [-0.2, -0.15) is 0 Å². The number of benzene rings is 1. The van der Waals surface area contributed by atoms with Crippen LogP contribution in [0.2, 0.25) is 0 Å². The molecule has 2 aromatic rings. The highest BCUT2D eigenvalue weighted by atomic mass is 32.1. The third kappa shape index (κ3) is 2.40. The first kappa shape index (κ1) is 11.7. The van der Waals surface area contributed by atoms with Crippen molar-refractivity contribution in [3.8, 4) is 11.3 Å². The summed E-state index contributed by atoms with van der Waals surface area (Å²) >= 11 is 1.73. The van der Waals surface area contributed by atoms with E-state index in [-0.39, 0.29) is 0 Å². The van der Waals surface area contributed by atoms with Crippen LogP contribution in [0.4, 0.5) is 5.13 Å². The van der Waals surface area contributed by atoms with Gasteiger partial charge >= 0.3 is 0 Å². The minimum atomic E-state index is 0.370. The normalized spacial score (nSPS) is 17.1. The monoisotopic (exact) mass is 259 g/mol. The van der Waals surface area contributed by atoms with Gasteiger partial charge in [-0.15, -0.1) is 11.3 Å². The van der Waals surface area contributed by atoms with E-state index >= 15 is 0 Å². The Hall–Kier alpha value is -1.39. The molecule has 18 heavy (non-hydrogen) atoms. The lowest BCUT2D eigenvalue weighted by molar-refractivity contribution is 0.501. The smallest absolute Gasteiger partial charge is 0.185 e.